The second-order valence-electron chi connectivity index (χ2n) is 5.15. The number of benzene rings is 2. The molecule has 3 N–H and O–H groups in total. The van der Waals surface area contributed by atoms with E-state index < -0.39 is 0 Å². The van der Waals surface area contributed by atoms with E-state index in [2.05, 4.69) is 50.4 Å². The maximum absolute atomic E-state index is 6.43. The predicted octanol–water partition coefficient (Wildman–Crippen LogP) is 3.70. The van der Waals surface area contributed by atoms with Crippen molar-refractivity contribution in [1.29, 1.82) is 0 Å². The third-order valence-corrected chi connectivity index (χ3v) is 3.75. The average Bonchev–Trinajstić information content (AvgIpc) is 2.42. The molecule has 2 aromatic rings. The molecule has 0 bridgehead atoms. The van der Waals surface area contributed by atoms with Gasteiger partial charge in [-0.25, -0.2) is 0 Å². The van der Waals surface area contributed by atoms with Gasteiger partial charge in [-0.2, -0.15) is 0 Å². The number of anilines is 1. The molecule has 0 amide bonds. The number of rotatable bonds is 3. The molecule has 1 unspecified atom stereocenters. The molecular formula is C17H22N2. The Bertz CT molecular complexity index is 588. The number of nitrogens with two attached hydrogens (primary N) is 1. The highest BCUT2D eigenvalue weighted by Crippen LogP contribution is 2.26. The molecule has 0 spiro atoms. The normalized spacial score (nSPS) is 12.3. The lowest BCUT2D eigenvalue weighted by molar-refractivity contribution is 0.858. The Morgan fingerprint density at radius 3 is 2.32 bits per heavy atom. The van der Waals surface area contributed by atoms with Gasteiger partial charge in [0.1, 0.15) is 0 Å². The molecule has 1 atom stereocenters. The van der Waals surface area contributed by atoms with Crippen molar-refractivity contribution in [2.75, 3.05) is 12.4 Å². The van der Waals surface area contributed by atoms with E-state index in [1.165, 1.54) is 22.3 Å². The number of aryl methyl sites for hydroxylation is 3. The van der Waals surface area contributed by atoms with Crippen LogP contribution in [-0.4, -0.2) is 7.05 Å². The SMILES string of the molecule is CNc1cccc(C(N)c2cc(C)c(C)cc2C)c1. The molecule has 0 aliphatic carbocycles. The minimum atomic E-state index is -0.0763. The summed E-state index contributed by atoms with van der Waals surface area (Å²) in [5.74, 6) is 0. The molecule has 19 heavy (non-hydrogen) atoms. The molecule has 2 rings (SSSR count). The highest BCUT2D eigenvalue weighted by atomic mass is 14.8. The highest BCUT2D eigenvalue weighted by molar-refractivity contribution is 5.49. The lowest BCUT2D eigenvalue weighted by Gasteiger charge is -2.18. The molecule has 0 radical (unpaired) electrons. The Morgan fingerprint density at radius 1 is 0.947 bits per heavy atom. The molecule has 0 saturated carbocycles. The standard InChI is InChI=1S/C17H22N2/c1-11-8-13(3)16(9-12(11)2)17(18)14-6-5-7-15(10-14)19-4/h5-10,17,19H,18H2,1-4H3. The lowest BCUT2D eigenvalue weighted by atomic mass is 9.92. The zero-order valence-corrected chi connectivity index (χ0v) is 12.1. The summed E-state index contributed by atoms with van der Waals surface area (Å²) < 4.78 is 0. The van der Waals surface area contributed by atoms with Gasteiger partial charge in [0.25, 0.3) is 0 Å². The molecule has 2 heteroatoms. The molecular weight excluding hydrogens is 232 g/mol. The van der Waals surface area contributed by atoms with Crippen LogP contribution in [0.25, 0.3) is 0 Å². The summed E-state index contributed by atoms with van der Waals surface area (Å²) in [7, 11) is 1.92. The lowest BCUT2D eigenvalue weighted by Crippen LogP contribution is -2.14. The summed E-state index contributed by atoms with van der Waals surface area (Å²) in [5.41, 5.74) is 13.7. The van der Waals surface area contributed by atoms with Crippen molar-refractivity contribution < 1.29 is 0 Å². The third-order valence-electron chi connectivity index (χ3n) is 3.75. The highest BCUT2D eigenvalue weighted by Gasteiger charge is 2.13. The van der Waals surface area contributed by atoms with Crippen molar-refractivity contribution in [3.8, 4) is 0 Å². The summed E-state index contributed by atoms with van der Waals surface area (Å²) >= 11 is 0. The van der Waals surface area contributed by atoms with Crippen molar-refractivity contribution in [2.45, 2.75) is 26.8 Å². The minimum Gasteiger partial charge on any atom is -0.388 e. The van der Waals surface area contributed by atoms with Gasteiger partial charge in [-0.3, -0.25) is 0 Å². The molecule has 0 aliphatic heterocycles. The van der Waals surface area contributed by atoms with Crippen LogP contribution in [0.5, 0.6) is 0 Å². The van der Waals surface area contributed by atoms with Crippen LogP contribution in [0.4, 0.5) is 5.69 Å². The molecule has 100 valence electrons. The maximum atomic E-state index is 6.43. The number of hydrogen-bond acceptors (Lipinski definition) is 2. The summed E-state index contributed by atoms with van der Waals surface area (Å²) in [5, 5.41) is 3.15. The van der Waals surface area contributed by atoms with Crippen LogP contribution in [0.2, 0.25) is 0 Å². The van der Waals surface area contributed by atoms with Crippen molar-refractivity contribution in [1.82, 2.24) is 0 Å². The van der Waals surface area contributed by atoms with Crippen molar-refractivity contribution in [2.24, 2.45) is 5.73 Å². The number of nitrogens with one attached hydrogen (secondary N) is 1. The van der Waals surface area contributed by atoms with E-state index in [-0.39, 0.29) is 6.04 Å². The second-order valence-corrected chi connectivity index (χ2v) is 5.15. The molecule has 0 fully saturated rings. The first-order chi connectivity index (χ1) is 9.02. The second kappa shape index (κ2) is 5.45. The van der Waals surface area contributed by atoms with Crippen LogP contribution in [0, 0.1) is 20.8 Å². The van der Waals surface area contributed by atoms with Crippen LogP contribution in [0.15, 0.2) is 36.4 Å². The summed E-state index contributed by atoms with van der Waals surface area (Å²) in [6.45, 7) is 6.40. The Labute approximate surface area is 115 Å². The van der Waals surface area contributed by atoms with Gasteiger partial charge < -0.3 is 11.1 Å². The van der Waals surface area contributed by atoms with Crippen molar-refractivity contribution in [3.63, 3.8) is 0 Å². The maximum Gasteiger partial charge on any atom is 0.0555 e. The van der Waals surface area contributed by atoms with Crippen molar-refractivity contribution in [3.05, 3.63) is 64.2 Å². The van der Waals surface area contributed by atoms with E-state index >= 15 is 0 Å². The molecule has 0 heterocycles. The smallest absolute Gasteiger partial charge is 0.0555 e. The van der Waals surface area contributed by atoms with E-state index in [4.69, 9.17) is 5.73 Å². The fourth-order valence-corrected chi connectivity index (χ4v) is 2.39. The molecule has 2 nitrogen and oxygen atoms in total. The van der Waals surface area contributed by atoms with Gasteiger partial charge in [0.15, 0.2) is 0 Å². The van der Waals surface area contributed by atoms with Gasteiger partial charge in [-0.05, 0) is 60.7 Å². The van der Waals surface area contributed by atoms with Crippen molar-refractivity contribution >= 4 is 5.69 Å². The first kappa shape index (κ1) is 13.6. The topological polar surface area (TPSA) is 38.0 Å². The summed E-state index contributed by atoms with van der Waals surface area (Å²) in [6, 6.07) is 12.6. The zero-order valence-electron chi connectivity index (χ0n) is 12.1. The van der Waals surface area contributed by atoms with E-state index in [1.807, 2.05) is 19.2 Å². The Morgan fingerprint density at radius 2 is 1.63 bits per heavy atom. The Kier molecular flexibility index (Phi) is 3.91. The summed E-state index contributed by atoms with van der Waals surface area (Å²) in [4.78, 5) is 0. The van der Waals surface area contributed by atoms with Gasteiger partial charge in [-0.15, -0.1) is 0 Å². The fourth-order valence-electron chi connectivity index (χ4n) is 2.39. The van der Waals surface area contributed by atoms with Crippen LogP contribution < -0.4 is 11.1 Å². The number of hydrogen-bond donors (Lipinski definition) is 2. The van der Waals surface area contributed by atoms with E-state index in [0.717, 1.165) is 11.3 Å². The Hall–Kier alpha value is -1.80. The predicted molar refractivity (Wildman–Crippen MR) is 82.7 cm³/mol. The molecule has 0 aromatic heterocycles. The van der Waals surface area contributed by atoms with E-state index in [0.29, 0.717) is 0 Å². The van der Waals surface area contributed by atoms with Gasteiger partial charge in [-0.1, -0.05) is 24.3 Å². The van der Waals surface area contributed by atoms with Gasteiger partial charge in [0, 0.05) is 12.7 Å². The van der Waals surface area contributed by atoms with E-state index in [9.17, 15) is 0 Å². The third kappa shape index (κ3) is 2.79. The van der Waals surface area contributed by atoms with Crippen LogP contribution in [0.1, 0.15) is 33.9 Å². The molecule has 2 aromatic carbocycles. The van der Waals surface area contributed by atoms with E-state index in [1.54, 1.807) is 0 Å². The quantitative estimate of drug-likeness (QED) is 0.876. The van der Waals surface area contributed by atoms with Gasteiger partial charge >= 0.3 is 0 Å². The Balaban J connectivity index is 2.43. The van der Waals surface area contributed by atoms with Gasteiger partial charge in [0.05, 0.1) is 6.04 Å². The fraction of sp³-hybridized carbons (Fsp3) is 0.294. The monoisotopic (exact) mass is 254 g/mol. The average molecular weight is 254 g/mol. The first-order valence-corrected chi connectivity index (χ1v) is 6.64. The molecule has 0 aliphatic rings. The zero-order chi connectivity index (χ0) is 14.0. The summed E-state index contributed by atoms with van der Waals surface area (Å²) in [6.07, 6.45) is 0. The van der Waals surface area contributed by atoms with Crippen LogP contribution >= 0.6 is 0 Å². The van der Waals surface area contributed by atoms with Crippen LogP contribution in [-0.2, 0) is 0 Å². The van der Waals surface area contributed by atoms with Crippen LogP contribution in [0.3, 0.4) is 0 Å². The van der Waals surface area contributed by atoms with Gasteiger partial charge in [0.2, 0.25) is 0 Å². The first-order valence-electron chi connectivity index (χ1n) is 6.64. The largest absolute Gasteiger partial charge is 0.388 e. The minimum absolute atomic E-state index is 0.0763. The molecule has 0 saturated heterocycles.